The maximum atomic E-state index is 11.5. The molecule has 0 radical (unpaired) electrons. The van der Waals surface area contributed by atoms with Gasteiger partial charge in [-0.05, 0) is 47.6 Å². The van der Waals surface area contributed by atoms with Crippen molar-refractivity contribution in [2.45, 2.75) is 45.3 Å². The highest BCUT2D eigenvalue weighted by Crippen LogP contribution is 2.24. The topological polar surface area (TPSA) is 46.5 Å². The van der Waals surface area contributed by atoms with Gasteiger partial charge < -0.3 is 9.84 Å². The van der Waals surface area contributed by atoms with Crippen molar-refractivity contribution >= 4 is 28.6 Å². The molecule has 1 aromatic rings. The van der Waals surface area contributed by atoms with Crippen LogP contribution in [0, 0.1) is 3.57 Å². The molecule has 0 bridgehead atoms. The number of aliphatic hydroxyl groups excluding tert-OH is 1. The minimum Gasteiger partial charge on any atom is -0.460 e. The number of carbonyl (C=O) groups excluding carboxylic acids is 1. The van der Waals surface area contributed by atoms with E-state index in [-0.39, 0.29) is 5.97 Å². The molecule has 1 aromatic carbocycles. The van der Waals surface area contributed by atoms with Gasteiger partial charge in [0.1, 0.15) is 12.2 Å². The highest BCUT2D eigenvalue weighted by Gasteiger charge is 2.21. The smallest absolute Gasteiger partial charge is 0.306 e. The fraction of sp³-hybridized carbons (Fsp3) is 0.500. The summed E-state index contributed by atoms with van der Waals surface area (Å²) in [4.78, 5) is 11.5. The zero-order valence-corrected chi connectivity index (χ0v) is 12.9. The van der Waals surface area contributed by atoms with Crippen molar-refractivity contribution in [3.05, 3.63) is 33.4 Å². The summed E-state index contributed by atoms with van der Waals surface area (Å²) in [5.74, 6) is -0.241. The first-order chi connectivity index (χ1) is 8.56. The first kappa shape index (κ1) is 15.4. The predicted octanol–water partition coefficient (Wildman–Crippen LogP) is 3.45. The maximum Gasteiger partial charge on any atom is 0.306 e. The van der Waals surface area contributed by atoms with Crippen molar-refractivity contribution in [1.82, 2.24) is 0 Å². The Morgan fingerprint density at radius 1 is 1.44 bits per heavy atom. The lowest BCUT2D eigenvalue weighted by atomic mass is 10.1. The molecule has 0 saturated carbocycles. The van der Waals surface area contributed by atoms with Crippen LogP contribution in [0.1, 0.15) is 44.8 Å². The minimum atomic E-state index is -0.774. The van der Waals surface area contributed by atoms with Crippen molar-refractivity contribution in [1.29, 1.82) is 0 Å². The molecule has 4 heteroatoms. The third-order valence-corrected chi connectivity index (χ3v) is 3.70. The van der Waals surface area contributed by atoms with Crippen LogP contribution in [0.2, 0.25) is 0 Å². The van der Waals surface area contributed by atoms with Crippen LogP contribution in [0.25, 0.3) is 0 Å². The number of rotatable bonds is 6. The van der Waals surface area contributed by atoms with E-state index in [4.69, 9.17) is 4.74 Å². The molecule has 100 valence electrons. The van der Waals surface area contributed by atoms with Crippen molar-refractivity contribution < 1.29 is 14.6 Å². The second-order valence-corrected chi connectivity index (χ2v) is 5.43. The van der Waals surface area contributed by atoms with E-state index in [2.05, 4.69) is 22.6 Å². The number of unbranched alkanes of at least 4 members (excludes halogenated alkanes) is 1. The van der Waals surface area contributed by atoms with E-state index >= 15 is 0 Å². The summed E-state index contributed by atoms with van der Waals surface area (Å²) in [5.41, 5.74) is 0.800. The second kappa shape index (κ2) is 7.74. The van der Waals surface area contributed by atoms with E-state index in [0.717, 1.165) is 22.0 Å². The number of halogens is 1. The van der Waals surface area contributed by atoms with E-state index in [0.29, 0.717) is 6.42 Å². The minimum absolute atomic E-state index is 0.241. The summed E-state index contributed by atoms with van der Waals surface area (Å²) < 4.78 is 6.20. The number of aliphatic hydroxyl groups is 1. The molecule has 0 saturated heterocycles. The third-order valence-electron chi connectivity index (χ3n) is 2.72. The molecule has 0 aliphatic carbocycles. The molecular formula is C14H19IO3. The number of benzene rings is 1. The van der Waals surface area contributed by atoms with Crippen LogP contribution in [-0.2, 0) is 9.53 Å². The Bertz CT molecular complexity index is 392. The van der Waals surface area contributed by atoms with Gasteiger partial charge in [0.25, 0.3) is 0 Å². The molecule has 0 heterocycles. The number of hydrogen-bond acceptors (Lipinski definition) is 3. The Morgan fingerprint density at radius 3 is 2.72 bits per heavy atom. The molecule has 0 spiro atoms. The van der Waals surface area contributed by atoms with Crippen molar-refractivity contribution in [3.63, 3.8) is 0 Å². The Labute approximate surface area is 122 Å². The number of hydrogen-bond donors (Lipinski definition) is 1. The monoisotopic (exact) mass is 362 g/mol. The Balaban J connectivity index is 2.59. The quantitative estimate of drug-likeness (QED) is 0.623. The fourth-order valence-electron chi connectivity index (χ4n) is 1.62. The zero-order chi connectivity index (χ0) is 13.5. The SMILES string of the molecule is CCCCC(=O)O[C@@H](C)[C@@H](O)c1ccccc1I. The average molecular weight is 362 g/mol. The average Bonchev–Trinajstić information content (AvgIpc) is 2.36. The summed E-state index contributed by atoms with van der Waals surface area (Å²) in [5, 5.41) is 10.2. The lowest BCUT2D eigenvalue weighted by Crippen LogP contribution is -2.23. The fourth-order valence-corrected chi connectivity index (χ4v) is 2.33. The lowest BCUT2D eigenvalue weighted by Gasteiger charge is -2.20. The first-order valence-corrected chi connectivity index (χ1v) is 7.26. The normalized spacial score (nSPS) is 14.0. The van der Waals surface area contributed by atoms with Gasteiger partial charge in [0.2, 0.25) is 0 Å². The Kier molecular flexibility index (Phi) is 6.63. The van der Waals surface area contributed by atoms with Crippen molar-refractivity contribution in [2.75, 3.05) is 0 Å². The van der Waals surface area contributed by atoms with Crippen LogP contribution in [0.15, 0.2) is 24.3 Å². The third kappa shape index (κ3) is 4.57. The largest absolute Gasteiger partial charge is 0.460 e. The molecule has 0 aliphatic rings. The van der Waals surface area contributed by atoms with Crippen LogP contribution < -0.4 is 0 Å². The number of ether oxygens (including phenoxy) is 1. The van der Waals surface area contributed by atoms with E-state index in [1.807, 2.05) is 31.2 Å². The molecule has 0 fully saturated rings. The van der Waals surface area contributed by atoms with E-state index in [9.17, 15) is 9.90 Å². The van der Waals surface area contributed by atoms with Gasteiger partial charge in [0.15, 0.2) is 0 Å². The van der Waals surface area contributed by atoms with Crippen molar-refractivity contribution in [3.8, 4) is 0 Å². The predicted molar refractivity (Wildman–Crippen MR) is 79.2 cm³/mol. The van der Waals surface area contributed by atoms with Crippen LogP contribution in [0.4, 0.5) is 0 Å². The summed E-state index contributed by atoms with van der Waals surface area (Å²) >= 11 is 2.16. The van der Waals surface area contributed by atoms with Crippen LogP contribution in [0.3, 0.4) is 0 Å². The zero-order valence-electron chi connectivity index (χ0n) is 10.7. The maximum absolute atomic E-state index is 11.5. The molecule has 18 heavy (non-hydrogen) atoms. The molecule has 0 amide bonds. The number of carbonyl (C=O) groups is 1. The Hall–Kier alpha value is -0.620. The van der Waals surface area contributed by atoms with Crippen LogP contribution in [0.5, 0.6) is 0 Å². The van der Waals surface area contributed by atoms with E-state index in [1.165, 1.54) is 0 Å². The summed E-state index contributed by atoms with van der Waals surface area (Å²) in [6, 6.07) is 7.55. The second-order valence-electron chi connectivity index (χ2n) is 4.26. The van der Waals surface area contributed by atoms with Gasteiger partial charge in [-0.3, -0.25) is 4.79 Å². The highest BCUT2D eigenvalue weighted by atomic mass is 127. The van der Waals surface area contributed by atoms with Gasteiger partial charge in [-0.1, -0.05) is 31.5 Å². The Morgan fingerprint density at radius 2 is 2.11 bits per heavy atom. The molecular weight excluding hydrogens is 343 g/mol. The van der Waals surface area contributed by atoms with Gasteiger partial charge in [-0.15, -0.1) is 0 Å². The standard InChI is InChI=1S/C14H19IO3/c1-3-4-9-13(16)18-10(2)14(17)11-7-5-6-8-12(11)15/h5-8,10,14,17H,3-4,9H2,1-2H3/t10-,14+/m0/s1. The lowest BCUT2D eigenvalue weighted by molar-refractivity contribution is -0.154. The molecule has 3 nitrogen and oxygen atoms in total. The molecule has 0 aromatic heterocycles. The van der Waals surface area contributed by atoms with Gasteiger partial charge in [0, 0.05) is 9.99 Å². The summed E-state index contributed by atoms with van der Waals surface area (Å²) in [6.07, 6.45) is 0.904. The first-order valence-electron chi connectivity index (χ1n) is 6.18. The molecule has 0 aliphatic heterocycles. The highest BCUT2D eigenvalue weighted by molar-refractivity contribution is 14.1. The summed E-state index contributed by atoms with van der Waals surface area (Å²) in [7, 11) is 0. The van der Waals surface area contributed by atoms with Gasteiger partial charge in [-0.25, -0.2) is 0 Å². The molecule has 1 rings (SSSR count). The van der Waals surface area contributed by atoms with Crippen LogP contribution >= 0.6 is 22.6 Å². The van der Waals surface area contributed by atoms with Gasteiger partial charge in [0.05, 0.1) is 0 Å². The molecule has 1 N–H and O–H groups in total. The van der Waals surface area contributed by atoms with Gasteiger partial charge >= 0.3 is 5.97 Å². The van der Waals surface area contributed by atoms with E-state index < -0.39 is 12.2 Å². The van der Waals surface area contributed by atoms with Crippen LogP contribution in [-0.4, -0.2) is 17.2 Å². The number of esters is 1. The molecule has 0 unspecified atom stereocenters. The molecule has 2 atom stereocenters. The summed E-state index contributed by atoms with van der Waals surface area (Å²) in [6.45, 7) is 3.75. The van der Waals surface area contributed by atoms with E-state index in [1.54, 1.807) is 6.92 Å². The van der Waals surface area contributed by atoms with Gasteiger partial charge in [-0.2, -0.15) is 0 Å². The van der Waals surface area contributed by atoms with Crippen molar-refractivity contribution in [2.24, 2.45) is 0 Å².